The molecule has 0 unspecified atom stereocenters. The lowest BCUT2D eigenvalue weighted by Gasteiger charge is -2.36. The number of fused-ring (bicyclic) bond motifs is 1. The fourth-order valence-corrected chi connectivity index (χ4v) is 4.29. The Hall–Kier alpha value is -2.87. The van der Waals surface area contributed by atoms with E-state index in [4.69, 9.17) is 0 Å². The number of hydrogen-bond acceptors (Lipinski definition) is 2. The number of hydrogen-bond donors (Lipinski definition) is 1. The first-order valence-electron chi connectivity index (χ1n) is 11.1. The summed E-state index contributed by atoms with van der Waals surface area (Å²) in [4.78, 5) is 11.7. The van der Waals surface area contributed by atoms with Gasteiger partial charge in [0, 0.05) is 23.7 Å². The molecule has 2 aromatic rings. The van der Waals surface area contributed by atoms with Gasteiger partial charge in [-0.1, -0.05) is 101 Å². The van der Waals surface area contributed by atoms with Crippen LogP contribution in [0.15, 0.2) is 67.0 Å². The summed E-state index contributed by atoms with van der Waals surface area (Å²) >= 11 is 0. The lowest BCUT2D eigenvalue weighted by molar-refractivity contribution is -0.114. The Morgan fingerprint density at radius 3 is 2.10 bits per heavy atom. The van der Waals surface area contributed by atoms with Crippen molar-refractivity contribution in [2.45, 2.75) is 64.7 Å². The minimum absolute atomic E-state index is 0.0371. The Kier molecular flexibility index (Phi) is 6.40. The van der Waals surface area contributed by atoms with Crippen molar-refractivity contribution in [1.82, 2.24) is 0 Å². The van der Waals surface area contributed by atoms with E-state index in [9.17, 15) is 9.90 Å². The molecule has 2 heteroatoms. The third kappa shape index (κ3) is 4.90. The minimum Gasteiger partial charge on any atom is -0.512 e. The van der Waals surface area contributed by atoms with Crippen LogP contribution in [0.2, 0.25) is 0 Å². The van der Waals surface area contributed by atoms with Crippen LogP contribution >= 0.6 is 0 Å². The van der Waals surface area contributed by atoms with Crippen molar-refractivity contribution in [2.24, 2.45) is 0 Å². The van der Waals surface area contributed by atoms with Crippen LogP contribution in [-0.2, 0) is 15.6 Å². The summed E-state index contributed by atoms with van der Waals surface area (Å²) in [5.74, 6) is 0.262. The highest BCUT2D eigenvalue weighted by atomic mass is 16.3. The second kappa shape index (κ2) is 8.70. The van der Waals surface area contributed by atoms with Crippen LogP contribution in [0, 0.1) is 6.92 Å². The average molecular weight is 415 g/mol. The highest BCUT2D eigenvalue weighted by Crippen LogP contribution is 2.41. The molecular formula is C29H34O2. The lowest BCUT2D eigenvalue weighted by Crippen LogP contribution is -2.28. The molecular weight excluding hydrogens is 380 g/mol. The van der Waals surface area contributed by atoms with Gasteiger partial charge in [0.25, 0.3) is 0 Å². The third-order valence-electron chi connectivity index (χ3n) is 6.30. The van der Waals surface area contributed by atoms with Crippen LogP contribution in [-0.4, -0.2) is 10.9 Å². The van der Waals surface area contributed by atoms with Gasteiger partial charge < -0.3 is 5.11 Å². The van der Waals surface area contributed by atoms with Gasteiger partial charge in [-0.05, 0) is 35.6 Å². The van der Waals surface area contributed by atoms with Crippen molar-refractivity contribution in [3.8, 4) is 0 Å². The molecule has 0 radical (unpaired) electrons. The molecule has 0 saturated carbocycles. The molecule has 0 aromatic heterocycles. The van der Waals surface area contributed by atoms with Crippen molar-refractivity contribution in [2.75, 3.05) is 0 Å². The van der Waals surface area contributed by atoms with E-state index >= 15 is 0 Å². The topological polar surface area (TPSA) is 37.3 Å². The SMILES string of the molecule is C=Cc1ccc(C2=C(O)CCCC2=O)cc1.Cc1ccc2c(c1)C(C)(C)C=CC2(C)C. The van der Waals surface area contributed by atoms with E-state index in [1.807, 2.05) is 24.3 Å². The normalized spacial score (nSPS) is 18.7. The quantitative estimate of drug-likeness (QED) is 0.517. The zero-order chi connectivity index (χ0) is 22.8. The zero-order valence-electron chi connectivity index (χ0n) is 19.5. The molecule has 4 rings (SSSR count). The molecule has 0 saturated heterocycles. The van der Waals surface area contributed by atoms with Crippen LogP contribution in [0.5, 0.6) is 0 Å². The number of aliphatic hydroxyl groups is 1. The van der Waals surface area contributed by atoms with Crippen molar-refractivity contribution in [3.63, 3.8) is 0 Å². The van der Waals surface area contributed by atoms with Gasteiger partial charge in [0.15, 0.2) is 5.78 Å². The van der Waals surface area contributed by atoms with Gasteiger partial charge in [0.1, 0.15) is 5.76 Å². The summed E-state index contributed by atoms with van der Waals surface area (Å²) in [6.45, 7) is 15.0. The van der Waals surface area contributed by atoms with Crippen molar-refractivity contribution >= 4 is 17.4 Å². The summed E-state index contributed by atoms with van der Waals surface area (Å²) < 4.78 is 0. The second-order valence-electron chi connectivity index (χ2n) is 9.75. The number of rotatable bonds is 2. The number of aryl methyl sites for hydroxylation is 1. The van der Waals surface area contributed by atoms with Gasteiger partial charge in [-0.2, -0.15) is 0 Å². The predicted octanol–water partition coefficient (Wildman–Crippen LogP) is 7.47. The fourth-order valence-electron chi connectivity index (χ4n) is 4.29. The van der Waals surface area contributed by atoms with E-state index in [0.29, 0.717) is 18.4 Å². The van der Waals surface area contributed by atoms with E-state index in [1.165, 1.54) is 16.7 Å². The lowest BCUT2D eigenvalue weighted by atomic mass is 9.68. The van der Waals surface area contributed by atoms with Gasteiger partial charge in [0.05, 0.1) is 5.57 Å². The number of carbonyl (C=O) groups is 1. The van der Waals surface area contributed by atoms with Crippen molar-refractivity contribution < 1.29 is 9.90 Å². The number of allylic oxidation sites excluding steroid dienone is 4. The number of Topliss-reactive ketones (excluding diaryl/α,β-unsaturated/α-hetero) is 1. The molecule has 2 aliphatic carbocycles. The molecule has 0 amide bonds. The number of ketones is 1. The van der Waals surface area contributed by atoms with Gasteiger partial charge in [-0.25, -0.2) is 0 Å². The third-order valence-corrected chi connectivity index (χ3v) is 6.30. The first-order valence-corrected chi connectivity index (χ1v) is 11.1. The molecule has 0 bridgehead atoms. The highest BCUT2D eigenvalue weighted by molar-refractivity contribution is 6.21. The smallest absolute Gasteiger partial charge is 0.166 e. The van der Waals surface area contributed by atoms with Crippen LogP contribution in [0.25, 0.3) is 11.6 Å². The number of benzene rings is 2. The molecule has 31 heavy (non-hydrogen) atoms. The van der Waals surface area contributed by atoms with E-state index in [-0.39, 0.29) is 22.4 Å². The van der Waals surface area contributed by atoms with Gasteiger partial charge in [0.2, 0.25) is 0 Å². The monoisotopic (exact) mass is 414 g/mol. The van der Waals surface area contributed by atoms with E-state index in [0.717, 1.165) is 17.5 Å². The minimum atomic E-state index is 0.0371. The Morgan fingerprint density at radius 1 is 0.903 bits per heavy atom. The fraction of sp³-hybridized carbons (Fsp3) is 0.345. The first-order chi connectivity index (χ1) is 14.5. The van der Waals surface area contributed by atoms with Gasteiger partial charge >= 0.3 is 0 Å². The average Bonchev–Trinajstić information content (AvgIpc) is 2.72. The summed E-state index contributed by atoms with van der Waals surface area (Å²) in [5, 5.41) is 9.76. The van der Waals surface area contributed by atoms with Crippen LogP contribution in [0.3, 0.4) is 0 Å². The van der Waals surface area contributed by atoms with Gasteiger partial charge in [-0.15, -0.1) is 0 Å². The Labute approximate surface area is 187 Å². The maximum Gasteiger partial charge on any atom is 0.166 e. The number of aliphatic hydroxyl groups excluding tert-OH is 1. The van der Waals surface area contributed by atoms with E-state index < -0.39 is 0 Å². The molecule has 2 aromatic carbocycles. The maximum absolute atomic E-state index is 11.7. The molecule has 0 atom stereocenters. The summed E-state index contributed by atoms with van der Waals surface area (Å²) in [5.41, 5.74) is 6.96. The zero-order valence-corrected chi connectivity index (χ0v) is 19.5. The molecule has 0 heterocycles. The van der Waals surface area contributed by atoms with Gasteiger partial charge in [-0.3, -0.25) is 4.79 Å². The molecule has 0 spiro atoms. The second-order valence-corrected chi connectivity index (χ2v) is 9.75. The molecule has 0 fully saturated rings. The highest BCUT2D eigenvalue weighted by Gasteiger charge is 2.32. The van der Waals surface area contributed by atoms with E-state index in [2.05, 4.69) is 71.5 Å². The van der Waals surface area contributed by atoms with Crippen molar-refractivity contribution in [3.05, 3.63) is 94.8 Å². The standard InChI is InChI=1S/C15H20.C14H14O2/c1-11-6-7-12-13(10-11)15(4,5)9-8-14(12,2)3;1-2-10-6-8-11(9-7-10)14-12(15)4-3-5-13(14)16/h6-10H,1-5H3;2,6-9,15H,1,3-5H2. The predicted molar refractivity (Wildman–Crippen MR) is 131 cm³/mol. The van der Waals surface area contributed by atoms with Crippen LogP contribution < -0.4 is 0 Å². The number of carbonyl (C=O) groups excluding carboxylic acids is 1. The Bertz CT molecular complexity index is 1050. The van der Waals surface area contributed by atoms with E-state index in [1.54, 1.807) is 6.08 Å². The molecule has 2 aliphatic rings. The summed E-state index contributed by atoms with van der Waals surface area (Å²) in [7, 11) is 0. The van der Waals surface area contributed by atoms with Crippen molar-refractivity contribution in [1.29, 1.82) is 0 Å². The maximum atomic E-state index is 11.7. The summed E-state index contributed by atoms with van der Waals surface area (Å²) in [6.07, 6.45) is 8.31. The first kappa shape index (κ1) is 22.8. The van der Waals surface area contributed by atoms with Crippen LogP contribution in [0.1, 0.15) is 74.8 Å². The Morgan fingerprint density at radius 2 is 1.52 bits per heavy atom. The summed E-state index contributed by atoms with van der Waals surface area (Å²) in [6, 6.07) is 14.3. The molecule has 0 aliphatic heterocycles. The van der Waals surface area contributed by atoms with Crippen LogP contribution in [0.4, 0.5) is 0 Å². The molecule has 1 N–H and O–H groups in total. The Balaban J connectivity index is 0.000000176. The molecule has 162 valence electrons. The molecule has 2 nitrogen and oxygen atoms in total. The largest absolute Gasteiger partial charge is 0.512 e.